The van der Waals surface area contributed by atoms with Crippen molar-refractivity contribution < 1.29 is 22.7 Å². The second kappa shape index (κ2) is 5.46. The molecule has 2 nitrogen and oxygen atoms in total. The van der Waals surface area contributed by atoms with Crippen LogP contribution in [0.5, 0.6) is 0 Å². The van der Waals surface area contributed by atoms with E-state index in [9.17, 15) is 22.7 Å². The fourth-order valence-corrected chi connectivity index (χ4v) is 2.37. The molecule has 1 aliphatic rings. The van der Waals surface area contributed by atoms with E-state index in [1.807, 2.05) is 0 Å². The highest BCUT2D eigenvalue weighted by molar-refractivity contribution is 5.28. The topological polar surface area (TPSA) is 32.3 Å². The molecule has 1 aliphatic heterocycles. The van der Waals surface area contributed by atoms with Gasteiger partial charge in [0.15, 0.2) is 0 Å². The van der Waals surface area contributed by atoms with Crippen molar-refractivity contribution >= 4 is 0 Å². The lowest BCUT2D eigenvalue weighted by Gasteiger charge is -2.27. The fraction of sp³-hybridized carbons (Fsp3) is 0.538. The van der Waals surface area contributed by atoms with E-state index in [2.05, 4.69) is 5.32 Å². The first kappa shape index (κ1) is 14.3. The van der Waals surface area contributed by atoms with E-state index < -0.39 is 23.7 Å². The van der Waals surface area contributed by atoms with Gasteiger partial charge in [-0.05, 0) is 37.1 Å². The SMILES string of the molecule is OC(c1ccc(C(F)(F)F)c(F)c1)C1CCCNC1. The summed E-state index contributed by atoms with van der Waals surface area (Å²) in [5.74, 6) is -1.43. The molecule has 2 atom stereocenters. The van der Waals surface area contributed by atoms with Gasteiger partial charge in [-0.1, -0.05) is 6.07 Å². The van der Waals surface area contributed by atoms with Crippen LogP contribution >= 0.6 is 0 Å². The number of hydrogen-bond acceptors (Lipinski definition) is 2. The highest BCUT2D eigenvalue weighted by Gasteiger charge is 2.34. The summed E-state index contributed by atoms with van der Waals surface area (Å²) in [5, 5.41) is 13.2. The summed E-state index contributed by atoms with van der Waals surface area (Å²) in [6.45, 7) is 1.45. The third kappa shape index (κ3) is 3.25. The average Bonchev–Trinajstić information content (AvgIpc) is 2.37. The van der Waals surface area contributed by atoms with Crippen molar-refractivity contribution in [1.82, 2.24) is 5.32 Å². The largest absolute Gasteiger partial charge is 0.419 e. The van der Waals surface area contributed by atoms with Crippen molar-refractivity contribution in [3.05, 3.63) is 35.1 Å². The van der Waals surface area contributed by atoms with Gasteiger partial charge in [-0.25, -0.2) is 4.39 Å². The lowest BCUT2D eigenvalue weighted by atomic mass is 9.89. The minimum absolute atomic E-state index is 0.0927. The molecule has 2 unspecified atom stereocenters. The molecule has 1 heterocycles. The molecule has 1 saturated heterocycles. The van der Waals surface area contributed by atoms with Gasteiger partial charge in [0.05, 0.1) is 11.7 Å². The van der Waals surface area contributed by atoms with Crippen LogP contribution in [0.15, 0.2) is 18.2 Å². The smallest absolute Gasteiger partial charge is 0.388 e. The maximum Gasteiger partial charge on any atom is 0.419 e. The monoisotopic (exact) mass is 277 g/mol. The summed E-state index contributed by atoms with van der Waals surface area (Å²) in [6.07, 6.45) is -3.98. The molecule has 0 saturated carbocycles. The average molecular weight is 277 g/mol. The van der Waals surface area contributed by atoms with Crippen molar-refractivity contribution in [2.75, 3.05) is 13.1 Å². The van der Waals surface area contributed by atoms with Crippen molar-refractivity contribution in [1.29, 1.82) is 0 Å². The molecule has 1 fully saturated rings. The molecule has 6 heteroatoms. The van der Waals surface area contributed by atoms with Crippen molar-refractivity contribution in [2.24, 2.45) is 5.92 Å². The third-order valence-corrected chi connectivity index (χ3v) is 3.42. The number of rotatable bonds is 2. The molecule has 0 bridgehead atoms. The molecule has 106 valence electrons. The zero-order chi connectivity index (χ0) is 14.0. The summed E-state index contributed by atoms with van der Waals surface area (Å²) in [4.78, 5) is 0. The van der Waals surface area contributed by atoms with Gasteiger partial charge in [-0.3, -0.25) is 0 Å². The van der Waals surface area contributed by atoms with E-state index >= 15 is 0 Å². The molecular weight excluding hydrogens is 262 g/mol. The van der Waals surface area contributed by atoms with Gasteiger partial charge in [0, 0.05) is 12.5 Å². The molecule has 1 aromatic carbocycles. The Hall–Kier alpha value is -1.14. The Labute approximate surface area is 108 Å². The third-order valence-electron chi connectivity index (χ3n) is 3.42. The Morgan fingerprint density at radius 2 is 2.05 bits per heavy atom. The maximum absolute atomic E-state index is 13.4. The van der Waals surface area contributed by atoms with E-state index in [0.717, 1.165) is 31.5 Å². The van der Waals surface area contributed by atoms with E-state index in [1.54, 1.807) is 0 Å². The van der Waals surface area contributed by atoms with Gasteiger partial charge in [-0.2, -0.15) is 13.2 Å². The quantitative estimate of drug-likeness (QED) is 0.815. The van der Waals surface area contributed by atoms with Crippen LogP contribution in [0.3, 0.4) is 0 Å². The van der Waals surface area contributed by atoms with Gasteiger partial charge in [-0.15, -0.1) is 0 Å². The van der Waals surface area contributed by atoms with Gasteiger partial charge < -0.3 is 10.4 Å². The van der Waals surface area contributed by atoms with Gasteiger partial charge in [0.1, 0.15) is 5.82 Å². The van der Waals surface area contributed by atoms with Crippen LogP contribution in [0.25, 0.3) is 0 Å². The Balaban J connectivity index is 2.19. The molecule has 1 aromatic rings. The summed E-state index contributed by atoms with van der Waals surface area (Å²) in [7, 11) is 0. The lowest BCUT2D eigenvalue weighted by molar-refractivity contribution is -0.140. The molecule has 0 radical (unpaired) electrons. The summed E-state index contributed by atoms with van der Waals surface area (Å²) >= 11 is 0. The van der Waals surface area contributed by atoms with Crippen LogP contribution in [0, 0.1) is 11.7 Å². The molecule has 0 aliphatic carbocycles. The zero-order valence-corrected chi connectivity index (χ0v) is 10.2. The number of benzene rings is 1. The second-order valence-corrected chi connectivity index (χ2v) is 4.79. The van der Waals surface area contributed by atoms with E-state index in [0.29, 0.717) is 12.6 Å². The maximum atomic E-state index is 13.4. The summed E-state index contributed by atoms with van der Waals surface area (Å²) < 4.78 is 50.7. The predicted molar refractivity (Wildman–Crippen MR) is 62.0 cm³/mol. The van der Waals surface area contributed by atoms with Crippen LogP contribution in [0.1, 0.15) is 30.1 Å². The first-order valence-corrected chi connectivity index (χ1v) is 6.15. The first-order chi connectivity index (χ1) is 8.89. The number of aliphatic hydroxyl groups is 1. The molecule has 2 N–H and O–H groups in total. The van der Waals surface area contributed by atoms with Crippen LogP contribution in [-0.2, 0) is 6.18 Å². The summed E-state index contributed by atoms with van der Waals surface area (Å²) in [6, 6.07) is 2.61. The first-order valence-electron chi connectivity index (χ1n) is 6.15. The highest BCUT2D eigenvalue weighted by atomic mass is 19.4. The number of halogens is 4. The van der Waals surface area contributed by atoms with Crippen molar-refractivity contribution in [3.8, 4) is 0 Å². The molecule has 19 heavy (non-hydrogen) atoms. The fourth-order valence-electron chi connectivity index (χ4n) is 2.37. The van der Waals surface area contributed by atoms with Crippen LogP contribution < -0.4 is 5.32 Å². The predicted octanol–water partition coefficient (Wildman–Crippen LogP) is 2.88. The molecule has 2 rings (SSSR count). The Morgan fingerprint density at radius 1 is 1.32 bits per heavy atom. The van der Waals surface area contributed by atoms with Crippen molar-refractivity contribution in [2.45, 2.75) is 25.1 Å². The standard InChI is InChI=1S/C13H15F4NO/c14-11-6-8(3-4-10(11)13(15,16)17)12(19)9-2-1-5-18-7-9/h3-4,6,9,12,18-19H,1-2,5,7H2. The highest BCUT2D eigenvalue weighted by Crippen LogP contribution is 2.34. The normalized spacial score (nSPS) is 22.3. The molecule has 0 spiro atoms. The Morgan fingerprint density at radius 3 is 2.58 bits per heavy atom. The van der Waals surface area contributed by atoms with Gasteiger partial charge >= 0.3 is 6.18 Å². The summed E-state index contributed by atoms with van der Waals surface area (Å²) in [5.41, 5.74) is -1.11. The lowest BCUT2D eigenvalue weighted by Crippen LogP contribution is -2.33. The van der Waals surface area contributed by atoms with Crippen LogP contribution in [-0.4, -0.2) is 18.2 Å². The van der Waals surface area contributed by atoms with Gasteiger partial charge in [0.25, 0.3) is 0 Å². The number of hydrogen-bond donors (Lipinski definition) is 2. The number of piperidine rings is 1. The minimum atomic E-state index is -4.71. The minimum Gasteiger partial charge on any atom is -0.388 e. The zero-order valence-electron chi connectivity index (χ0n) is 10.2. The Bertz CT molecular complexity index is 441. The second-order valence-electron chi connectivity index (χ2n) is 4.79. The van der Waals surface area contributed by atoms with E-state index in [1.165, 1.54) is 0 Å². The van der Waals surface area contributed by atoms with Gasteiger partial charge in [0.2, 0.25) is 0 Å². The molecular formula is C13H15F4NO. The molecule has 0 amide bonds. The van der Waals surface area contributed by atoms with E-state index in [4.69, 9.17) is 0 Å². The van der Waals surface area contributed by atoms with Crippen LogP contribution in [0.4, 0.5) is 17.6 Å². The van der Waals surface area contributed by atoms with Crippen LogP contribution in [0.2, 0.25) is 0 Å². The molecule has 0 aromatic heterocycles. The Kier molecular flexibility index (Phi) is 4.10. The van der Waals surface area contributed by atoms with E-state index in [-0.39, 0.29) is 11.5 Å². The number of aliphatic hydroxyl groups excluding tert-OH is 1. The number of alkyl halides is 3. The number of nitrogens with one attached hydrogen (secondary N) is 1. The van der Waals surface area contributed by atoms with Crippen molar-refractivity contribution in [3.63, 3.8) is 0 Å².